The van der Waals surface area contributed by atoms with Crippen LogP contribution >= 0.6 is 0 Å². The minimum atomic E-state index is -4.50. The van der Waals surface area contributed by atoms with Crippen molar-refractivity contribution in [1.82, 2.24) is 10.2 Å². The molecule has 0 radical (unpaired) electrons. The van der Waals surface area contributed by atoms with Gasteiger partial charge in [0, 0.05) is 19.1 Å². The second-order valence-corrected chi connectivity index (χ2v) is 6.30. The molecule has 126 valence electrons. The molecule has 23 heavy (non-hydrogen) atoms. The highest BCUT2D eigenvalue weighted by molar-refractivity contribution is 5.86. The summed E-state index contributed by atoms with van der Waals surface area (Å²) < 4.78 is 52.6. The zero-order chi connectivity index (χ0) is 16.8. The van der Waals surface area contributed by atoms with Crippen LogP contribution in [0.5, 0.6) is 0 Å². The molecule has 2 atom stereocenters. The topological polar surface area (TPSA) is 32.3 Å². The van der Waals surface area contributed by atoms with Crippen molar-refractivity contribution in [3.8, 4) is 0 Å². The summed E-state index contributed by atoms with van der Waals surface area (Å²) in [6.07, 6.45) is -4.76. The van der Waals surface area contributed by atoms with Crippen LogP contribution in [-0.2, 0) is 4.79 Å². The van der Waals surface area contributed by atoms with E-state index in [0.29, 0.717) is 6.54 Å². The Kier molecular flexibility index (Phi) is 3.86. The molecule has 1 aromatic rings. The smallest absolute Gasteiger partial charge is 0.336 e. The molecule has 1 saturated heterocycles. The van der Waals surface area contributed by atoms with Gasteiger partial charge >= 0.3 is 6.18 Å². The number of carbonyl (C=O) groups is 1. The Balaban J connectivity index is 1.81. The van der Waals surface area contributed by atoms with Crippen molar-refractivity contribution in [3.63, 3.8) is 0 Å². The van der Waals surface area contributed by atoms with E-state index in [4.69, 9.17) is 0 Å². The largest absolute Gasteiger partial charge is 0.403 e. The second kappa shape index (κ2) is 5.47. The average molecular weight is 330 g/mol. The molecule has 2 aliphatic rings. The first-order valence-corrected chi connectivity index (χ1v) is 7.63. The van der Waals surface area contributed by atoms with Crippen molar-refractivity contribution in [2.24, 2.45) is 5.41 Å². The molecule has 2 fully saturated rings. The summed E-state index contributed by atoms with van der Waals surface area (Å²) in [5, 5.41) is 3.20. The van der Waals surface area contributed by atoms with E-state index >= 15 is 0 Å². The lowest BCUT2D eigenvalue weighted by atomic mass is 9.94. The van der Waals surface area contributed by atoms with Gasteiger partial charge in [-0.2, -0.15) is 13.2 Å². The van der Waals surface area contributed by atoms with Gasteiger partial charge in [0.05, 0.1) is 6.04 Å². The number of hydrogen-bond donors (Lipinski definition) is 1. The van der Waals surface area contributed by atoms with Crippen molar-refractivity contribution >= 4 is 5.91 Å². The number of amides is 1. The van der Waals surface area contributed by atoms with Crippen molar-refractivity contribution in [3.05, 3.63) is 35.6 Å². The highest BCUT2D eigenvalue weighted by atomic mass is 19.4. The van der Waals surface area contributed by atoms with E-state index in [1.807, 2.05) is 0 Å². The monoisotopic (exact) mass is 330 g/mol. The maximum atomic E-state index is 13.2. The van der Waals surface area contributed by atoms with Crippen molar-refractivity contribution in [2.75, 3.05) is 13.1 Å². The Morgan fingerprint density at radius 3 is 2.39 bits per heavy atom. The summed E-state index contributed by atoms with van der Waals surface area (Å²) in [6.45, 7) is 2.38. The van der Waals surface area contributed by atoms with E-state index in [-0.39, 0.29) is 31.2 Å². The molecule has 7 heteroatoms. The van der Waals surface area contributed by atoms with Gasteiger partial charge in [0.15, 0.2) is 0 Å². The lowest BCUT2D eigenvalue weighted by Crippen LogP contribution is -2.57. The number of piperazine rings is 1. The number of benzene rings is 1. The molecule has 1 saturated carbocycles. The van der Waals surface area contributed by atoms with Gasteiger partial charge in [-0.1, -0.05) is 12.1 Å². The quantitative estimate of drug-likeness (QED) is 0.846. The molecular weight excluding hydrogens is 312 g/mol. The van der Waals surface area contributed by atoms with Crippen molar-refractivity contribution in [1.29, 1.82) is 0 Å². The first-order chi connectivity index (χ1) is 10.8. The van der Waals surface area contributed by atoms with Crippen LogP contribution < -0.4 is 5.32 Å². The van der Waals surface area contributed by atoms with Crippen LogP contribution in [0.25, 0.3) is 0 Å². The van der Waals surface area contributed by atoms with Gasteiger partial charge in [0.1, 0.15) is 11.2 Å². The van der Waals surface area contributed by atoms with E-state index in [1.165, 1.54) is 17.0 Å². The van der Waals surface area contributed by atoms with E-state index < -0.39 is 23.5 Å². The number of carbonyl (C=O) groups excluding carboxylic acids is 1. The summed E-state index contributed by atoms with van der Waals surface area (Å²) in [6, 6.07) is 5.06. The van der Waals surface area contributed by atoms with E-state index in [1.54, 1.807) is 19.1 Å². The normalized spacial score (nSPS) is 26.9. The van der Waals surface area contributed by atoms with Crippen LogP contribution in [0.4, 0.5) is 17.6 Å². The maximum Gasteiger partial charge on any atom is 0.403 e. The van der Waals surface area contributed by atoms with Crippen LogP contribution in [0.15, 0.2) is 24.3 Å². The molecule has 3 nitrogen and oxygen atoms in total. The molecule has 0 spiro atoms. The van der Waals surface area contributed by atoms with Crippen LogP contribution in [0.3, 0.4) is 0 Å². The maximum absolute atomic E-state index is 13.2. The predicted octanol–water partition coefficient (Wildman–Crippen LogP) is 3.03. The molecule has 1 aliphatic carbocycles. The fourth-order valence-electron chi connectivity index (χ4n) is 3.27. The fourth-order valence-corrected chi connectivity index (χ4v) is 3.27. The first kappa shape index (κ1) is 16.2. The minimum absolute atomic E-state index is 0.132. The molecule has 3 rings (SSSR count). The number of hydrogen-bond acceptors (Lipinski definition) is 2. The fraction of sp³-hybridized carbons (Fsp3) is 0.562. The third-order valence-electron chi connectivity index (χ3n) is 4.88. The molecule has 0 bridgehead atoms. The Bertz CT molecular complexity index is 595. The molecule has 1 heterocycles. The summed E-state index contributed by atoms with van der Waals surface area (Å²) >= 11 is 0. The zero-order valence-electron chi connectivity index (χ0n) is 12.7. The summed E-state index contributed by atoms with van der Waals surface area (Å²) in [7, 11) is 0. The third-order valence-corrected chi connectivity index (χ3v) is 4.88. The Labute approximate surface area is 131 Å². The number of halogens is 4. The lowest BCUT2D eigenvalue weighted by Gasteiger charge is -2.42. The Hall–Kier alpha value is -1.63. The van der Waals surface area contributed by atoms with Gasteiger partial charge in [-0.15, -0.1) is 0 Å². The van der Waals surface area contributed by atoms with Gasteiger partial charge in [-0.25, -0.2) is 4.39 Å². The van der Waals surface area contributed by atoms with Crippen LogP contribution in [0, 0.1) is 11.2 Å². The summed E-state index contributed by atoms with van der Waals surface area (Å²) in [4.78, 5) is 13.8. The third kappa shape index (κ3) is 2.71. The Morgan fingerprint density at radius 1 is 1.26 bits per heavy atom. The number of alkyl halides is 3. The van der Waals surface area contributed by atoms with Crippen molar-refractivity contribution < 1.29 is 22.4 Å². The van der Waals surface area contributed by atoms with Crippen LogP contribution in [-0.4, -0.2) is 36.1 Å². The van der Waals surface area contributed by atoms with Gasteiger partial charge in [0.2, 0.25) is 5.91 Å². The standard InChI is InChI=1S/C16H18F4N2O/c1-10-13(11-2-4-12(17)5-3-11)21-8-9-22(10)14(23)15(6-7-15)16(18,19)20/h2-5,10,13,21H,6-9H2,1H3/t10-,13+/m1/s1. The second-order valence-electron chi connectivity index (χ2n) is 6.30. The highest BCUT2D eigenvalue weighted by Gasteiger charge is 2.69. The molecule has 0 unspecified atom stereocenters. The van der Waals surface area contributed by atoms with Crippen LogP contribution in [0.1, 0.15) is 31.4 Å². The predicted molar refractivity (Wildman–Crippen MR) is 76.0 cm³/mol. The minimum Gasteiger partial charge on any atom is -0.336 e. The SMILES string of the molecule is C[C@@H]1[C@@H](c2ccc(F)cc2)NCCN1C(=O)C1(C(F)(F)F)CC1. The number of rotatable bonds is 2. The van der Waals surface area contributed by atoms with E-state index in [9.17, 15) is 22.4 Å². The summed E-state index contributed by atoms with van der Waals surface area (Å²) in [5.74, 6) is -1.20. The molecule has 0 aromatic heterocycles. The summed E-state index contributed by atoms with van der Waals surface area (Å²) in [5.41, 5.74) is -1.43. The van der Waals surface area contributed by atoms with E-state index in [2.05, 4.69) is 5.32 Å². The van der Waals surface area contributed by atoms with E-state index in [0.717, 1.165) is 5.56 Å². The zero-order valence-corrected chi connectivity index (χ0v) is 12.7. The molecule has 1 aromatic carbocycles. The average Bonchev–Trinajstić information content (AvgIpc) is 3.29. The first-order valence-electron chi connectivity index (χ1n) is 7.63. The van der Waals surface area contributed by atoms with Gasteiger partial charge < -0.3 is 10.2 Å². The molecule has 1 aliphatic heterocycles. The van der Waals surface area contributed by atoms with Gasteiger partial charge in [0.25, 0.3) is 0 Å². The molecular formula is C16H18F4N2O. The number of nitrogens with one attached hydrogen (secondary N) is 1. The van der Waals surface area contributed by atoms with Gasteiger partial charge in [-0.3, -0.25) is 4.79 Å². The number of nitrogens with zero attached hydrogens (tertiary/aromatic N) is 1. The molecule has 1 amide bonds. The Morgan fingerprint density at radius 2 is 1.87 bits per heavy atom. The lowest BCUT2D eigenvalue weighted by molar-refractivity contribution is -0.200. The highest BCUT2D eigenvalue weighted by Crippen LogP contribution is 2.59. The van der Waals surface area contributed by atoms with Crippen molar-refractivity contribution in [2.45, 2.75) is 38.0 Å². The van der Waals surface area contributed by atoms with Crippen LogP contribution in [0.2, 0.25) is 0 Å². The van der Waals surface area contributed by atoms with Gasteiger partial charge in [-0.05, 0) is 37.5 Å². The molecule has 1 N–H and O–H groups in total.